The third-order valence-corrected chi connectivity index (χ3v) is 5.04. The van der Waals surface area contributed by atoms with Crippen molar-refractivity contribution in [3.63, 3.8) is 0 Å². The van der Waals surface area contributed by atoms with Crippen LogP contribution in [-0.2, 0) is 19.5 Å². The van der Waals surface area contributed by atoms with Crippen molar-refractivity contribution in [2.45, 2.75) is 51.9 Å². The molecule has 1 aromatic heterocycles. The number of halogens is 1. The maximum absolute atomic E-state index is 13.1. The number of nitrogens with one attached hydrogen (secondary N) is 1. The number of thioether (sulfide) groups is 1. The van der Waals surface area contributed by atoms with Crippen LogP contribution in [0.1, 0.15) is 38.6 Å². The fourth-order valence-electron chi connectivity index (χ4n) is 3.03. The maximum atomic E-state index is 13.1. The molecule has 2 rings (SSSR count). The predicted molar refractivity (Wildman–Crippen MR) is 119 cm³/mol. The van der Waals surface area contributed by atoms with E-state index in [-0.39, 0.29) is 5.82 Å². The van der Waals surface area contributed by atoms with Crippen LogP contribution in [0, 0.1) is 11.7 Å². The highest BCUT2D eigenvalue weighted by molar-refractivity contribution is 7.98. The van der Waals surface area contributed by atoms with Crippen molar-refractivity contribution in [1.29, 1.82) is 0 Å². The first-order valence-electron chi connectivity index (χ1n) is 10.1. The fraction of sp³-hybridized carbons (Fsp3) is 0.571. The van der Waals surface area contributed by atoms with Crippen molar-refractivity contribution in [1.82, 2.24) is 25.0 Å². The van der Waals surface area contributed by atoms with Crippen LogP contribution in [0.5, 0.6) is 0 Å². The lowest BCUT2D eigenvalue weighted by Gasteiger charge is -2.22. The molecule has 0 amide bonds. The van der Waals surface area contributed by atoms with Crippen LogP contribution < -0.4 is 5.32 Å². The second kappa shape index (κ2) is 11.8. The van der Waals surface area contributed by atoms with Gasteiger partial charge in [-0.3, -0.25) is 4.99 Å². The molecule has 0 atom stereocenters. The van der Waals surface area contributed by atoms with Gasteiger partial charge in [0, 0.05) is 39.6 Å². The minimum Gasteiger partial charge on any atom is -0.357 e. The van der Waals surface area contributed by atoms with E-state index in [0.717, 1.165) is 48.4 Å². The van der Waals surface area contributed by atoms with Crippen molar-refractivity contribution in [3.05, 3.63) is 41.5 Å². The second-order valence-electron chi connectivity index (χ2n) is 7.43. The van der Waals surface area contributed by atoms with Gasteiger partial charge in [-0.1, -0.05) is 37.7 Å². The van der Waals surface area contributed by atoms with Crippen molar-refractivity contribution in [2.75, 3.05) is 26.4 Å². The normalized spacial score (nSPS) is 11.9. The molecule has 6 nitrogen and oxygen atoms in total. The molecule has 8 heteroatoms. The highest BCUT2D eigenvalue weighted by Gasteiger charge is 2.12. The third kappa shape index (κ3) is 7.34. The Hall–Kier alpha value is -2.09. The number of benzene rings is 1. The van der Waals surface area contributed by atoms with Crippen LogP contribution in [0.3, 0.4) is 0 Å². The number of guanidine groups is 1. The van der Waals surface area contributed by atoms with Crippen LogP contribution in [0.15, 0.2) is 34.4 Å². The average molecular weight is 421 g/mol. The molecule has 0 unspecified atom stereocenters. The third-order valence-electron chi connectivity index (χ3n) is 4.37. The number of aliphatic imine (C=N–C) groups is 1. The first-order valence-corrected chi connectivity index (χ1v) is 11.4. The Kier molecular flexibility index (Phi) is 9.44. The molecule has 0 saturated heterocycles. The molecular weight excluding hydrogens is 387 g/mol. The first-order chi connectivity index (χ1) is 13.9. The molecule has 0 aliphatic rings. The van der Waals surface area contributed by atoms with Crippen LogP contribution in [-0.4, -0.2) is 52.0 Å². The quantitative estimate of drug-likeness (QED) is 0.274. The molecule has 1 heterocycles. The van der Waals surface area contributed by atoms with E-state index in [1.807, 2.05) is 13.3 Å². The Balaban J connectivity index is 1.95. The zero-order valence-corrected chi connectivity index (χ0v) is 19.0. The summed E-state index contributed by atoms with van der Waals surface area (Å²) in [6.45, 7) is 9.58. The van der Waals surface area contributed by atoms with E-state index in [0.29, 0.717) is 19.0 Å². The summed E-state index contributed by atoms with van der Waals surface area (Å²) in [6, 6.07) is 6.59. The summed E-state index contributed by atoms with van der Waals surface area (Å²) in [7, 11) is 1.99. The molecule has 0 saturated carbocycles. The van der Waals surface area contributed by atoms with E-state index in [2.05, 4.69) is 45.8 Å². The molecular formula is C21H33FN6S. The van der Waals surface area contributed by atoms with Gasteiger partial charge in [0.1, 0.15) is 11.6 Å². The van der Waals surface area contributed by atoms with Crippen molar-refractivity contribution in [2.24, 2.45) is 10.9 Å². The Bertz CT molecular complexity index is 772. The lowest BCUT2D eigenvalue weighted by molar-refractivity contribution is 0.472. The summed E-state index contributed by atoms with van der Waals surface area (Å²) in [6.07, 6.45) is 3.79. The fourth-order valence-corrected chi connectivity index (χ4v) is 3.56. The van der Waals surface area contributed by atoms with Gasteiger partial charge in [-0.05, 0) is 43.2 Å². The summed E-state index contributed by atoms with van der Waals surface area (Å²) in [4.78, 5) is 6.81. The highest BCUT2D eigenvalue weighted by Crippen LogP contribution is 2.16. The molecule has 0 radical (unpaired) electrons. The minimum atomic E-state index is -0.216. The molecule has 29 heavy (non-hydrogen) atoms. The van der Waals surface area contributed by atoms with Gasteiger partial charge in [-0.15, -0.1) is 10.2 Å². The number of aryl methyl sites for hydroxylation is 1. The van der Waals surface area contributed by atoms with Gasteiger partial charge in [0.2, 0.25) is 0 Å². The Morgan fingerprint density at radius 3 is 2.62 bits per heavy atom. The van der Waals surface area contributed by atoms with Gasteiger partial charge in [0.25, 0.3) is 0 Å². The first kappa shape index (κ1) is 23.2. The molecule has 1 N–H and O–H groups in total. The van der Waals surface area contributed by atoms with Gasteiger partial charge >= 0.3 is 0 Å². The van der Waals surface area contributed by atoms with Gasteiger partial charge in [-0.2, -0.15) is 0 Å². The Morgan fingerprint density at radius 1 is 1.28 bits per heavy atom. The number of hydrogen-bond donors (Lipinski definition) is 1. The van der Waals surface area contributed by atoms with Crippen molar-refractivity contribution in [3.8, 4) is 0 Å². The van der Waals surface area contributed by atoms with E-state index < -0.39 is 0 Å². The van der Waals surface area contributed by atoms with Gasteiger partial charge in [0.05, 0.1) is 0 Å². The molecule has 0 spiro atoms. The summed E-state index contributed by atoms with van der Waals surface area (Å²) >= 11 is 1.64. The minimum absolute atomic E-state index is 0.216. The van der Waals surface area contributed by atoms with Crippen LogP contribution in [0.25, 0.3) is 0 Å². The van der Waals surface area contributed by atoms with E-state index in [1.54, 1.807) is 23.9 Å². The predicted octanol–water partition coefficient (Wildman–Crippen LogP) is 3.83. The van der Waals surface area contributed by atoms with Crippen molar-refractivity contribution < 1.29 is 4.39 Å². The van der Waals surface area contributed by atoms with E-state index >= 15 is 0 Å². The monoisotopic (exact) mass is 420 g/mol. The average Bonchev–Trinajstić information content (AvgIpc) is 3.07. The Morgan fingerprint density at radius 2 is 2.00 bits per heavy atom. The van der Waals surface area contributed by atoms with Crippen LogP contribution >= 0.6 is 11.8 Å². The molecule has 0 bridgehead atoms. The molecule has 160 valence electrons. The van der Waals surface area contributed by atoms with Gasteiger partial charge in [-0.25, -0.2) is 4.39 Å². The number of rotatable bonds is 10. The topological polar surface area (TPSA) is 58.3 Å². The van der Waals surface area contributed by atoms with Crippen molar-refractivity contribution >= 4 is 17.7 Å². The molecule has 1 aromatic carbocycles. The van der Waals surface area contributed by atoms with Crippen LogP contribution in [0.4, 0.5) is 4.39 Å². The summed E-state index contributed by atoms with van der Waals surface area (Å²) in [5, 5.41) is 13.0. The zero-order valence-electron chi connectivity index (χ0n) is 18.2. The highest BCUT2D eigenvalue weighted by atomic mass is 32.2. The summed E-state index contributed by atoms with van der Waals surface area (Å²) in [5.41, 5.74) is 1.05. The van der Waals surface area contributed by atoms with Gasteiger partial charge in [0.15, 0.2) is 11.1 Å². The largest absolute Gasteiger partial charge is 0.357 e. The lowest BCUT2D eigenvalue weighted by Crippen LogP contribution is -2.38. The summed E-state index contributed by atoms with van der Waals surface area (Å²) < 4.78 is 15.3. The molecule has 0 aliphatic carbocycles. The lowest BCUT2D eigenvalue weighted by atomic mass is 10.2. The molecule has 2 aromatic rings. The SMILES string of the molecule is CCNC(=NCCCc1nnc(SC)n1CC(C)C)N(C)Cc1ccc(F)cc1. The maximum Gasteiger partial charge on any atom is 0.193 e. The van der Waals surface area contributed by atoms with Crippen LogP contribution in [0.2, 0.25) is 0 Å². The zero-order chi connectivity index (χ0) is 21.2. The van der Waals surface area contributed by atoms with Gasteiger partial charge < -0.3 is 14.8 Å². The number of nitrogens with zero attached hydrogens (tertiary/aromatic N) is 5. The number of aromatic nitrogens is 3. The Labute approximate surface area is 178 Å². The molecule has 0 aliphatic heterocycles. The standard InChI is InChI=1S/C21H33FN6S/c1-6-23-20(27(4)15-17-9-11-18(22)12-10-17)24-13-7-8-19-25-26-21(29-5)28(19)14-16(2)3/h9-12,16H,6-8,13-15H2,1-5H3,(H,23,24). The van der Waals surface area contributed by atoms with E-state index in [1.165, 1.54) is 12.1 Å². The number of hydrogen-bond acceptors (Lipinski definition) is 4. The second-order valence-corrected chi connectivity index (χ2v) is 8.20. The smallest absolute Gasteiger partial charge is 0.193 e. The van der Waals surface area contributed by atoms with E-state index in [4.69, 9.17) is 4.99 Å². The summed E-state index contributed by atoms with van der Waals surface area (Å²) in [5.74, 6) is 2.22. The molecule has 0 fully saturated rings. The van der Waals surface area contributed by atoms with E-state index in [9.17, 15) is 4.39 Å².